The van der Waals surface area contributed by atoms with Crippen LogP contribution in [0.4, 0.5) is 0 Å². The van der Waals surface area contributed by atoms with E-state index in [0.717, 1.165) is 33.9 Å². The summed E-state index contributed by atoms with van der Waals surface area (Å²) in [6.45, 7) is 6.11. The molecule has 0 saturated heterocycles. The largest absolute Gasteiger partial charge is 0.462 e. The van der Waals surface area contributed by atoms with Gasteiger partial charge in [-0.3, -0.25) is 4.79 Å². The number of benzene rings is 2. The molecule has 2 aromatic carbocycles. The second-order valence-corrected chi connectivity index (χ2v) is 7.59. The summed E-state index contributed by atoms with van der Waals surface area (Å²) in [7, 11) is 0. The molecule has 158 valence electrons. The van der Waals surface area contributed by atoms with Crippen molar-refractivity contribution >= 4 is 17.6 Å². The van der Waals surface area contributed by atoms with Gasteiger partial charge in [0.1, 0.15) is 0 Å². The Hall–Kier alpha value is -3.67. The molecule has 1 N–H and O–H groups in total. The third-order valence-corrected chi connectivity index (χ3v) is 5.45. The van der Waals surface area contributed by atoms with Crippen LogP contribution in [-0.2, 0) is 9.53 Å². The molecule has 0 aliphatic carbocycles. The minimum atomic E-state index is -0.323. The van der Waals surface area contributed by atoms with Gasteiger partial charge in [0.05, 0.1) is 23.6 Å². The van der Waals surface area contributed by atoms with Crippen LogP contribution in [-0.4, -0.2) is 28.8 Å². The maximum absolute atomic E-state index is 12.5. The van der Waals surface area contributed by atoms with Gasteiger partial charge in [0.15, 0.2) is 0 Å². The van der Waals surface area contributed by atoms with Gasteiger partial charge >= 0.3 is 5.97 Å². The Labute approximate surface area is 181 Å². The van der Waals surface area contributed by atoms with E-state index in [9.17, 15) is 9.59 Å². The maximum Gasteiger partial charge on any atom is 0.339 e. The van der Waals surface area contributed by atoms with E-state index in [1.165, 1.54) is 5.56 Å². The average molecular weight is 415 g/mol. The van der Waals surface area contributed by atoms with Crippen molar-refractivity contribution in [3.05, 3.63) is 77.0 Å². The molecule has 0 fully saturated rings. The molecule has 31 heavy (non-hydrogen) atoms. The minimum absolute atomic E-state index is 0.0578. The topological polar surface area (TPSA) is 72.7 Å². The third kappa shape index (κ3) is 4.14. The number of aromatic nitrogens is 1. The third-order valence-electron chi connectivity index (χ3n) is 5.45. The van der Waals surface area contributed by atoms with Gasteiger partial charge in [-0.2, -0.15) is 5.10 Å². The first kappa shape index (κ1) is 20.6. The Kier molecular flexibility index (Phi) is 5.71. The molecule has 6 heteroatoms. The number of hydrogen-bond acceptors (Lipinski definition) is 4. The van der Waals surface area contributed by atoms with Crippen molar-refractivity contribution in [2.45, 2.75) is 33.6 Å². The van der Waals surface area contributed by atoms with E-state index < -0.39 is 0 Å². The van der Waals surface area contributed by atoms with E-state index in [1.807, 2.05) is 44.2 Å². The highest BCUT2D eigenvalue weighted by Crippen LogP contribution is 2.30. The van der Waals surface area contributed by atoms with Crippen molar-refractivity contribution in [3.63, 3.8) is 0 Å². The summed E-state index contributed by atoms with van der Waals surface area (Å²) in [5.74, 6) is -0.381. The van der Waals surface area contributed by atoms with Gasteiger partial charge in [-0.15, -0.1) is 0 Å². The predicted octanol–water partition coefficient (Wildman–Crippen LogP) is 4.55. The molecule has 1 aliphatic rings. The lowest BCUT2D eigenvalue weighted by atomic mass is 10.0. The summed E-state index contributed by atoms with van der Waals surface area (Å²) in [5, 5.41) is 4.17. The van der Waals surface area contributed by atoms with Crippen molar-refractivity contribution in [1.29, 1.82) is 0 Å². The summed E-state index contributed by atoms with van der Waals surface area (Å²) in [4.78, 5) is 23.9. The van der Waals surface area contributed by atoms with Gasteiger partial charge in [0, 0.05) is 24.2 Å². The molecule has 1 aliphatic heterocycles. The van der Waals surface area contributed by atoms with E-state index in [-0.39, 0.29) is 11.9 Å². The fraction of sp³-hybridized carbons (Fsp3) is 0.240. The number of amides is 1. The van der Waals surface area contributed by atoms with Gasteiger partial charge < -0.3 is 9.30 Å². The molecule has 0 saturated carbocycles. The van der Waals surface area contributed by atoms with Crippen LogP contribution in [0.25, 0.3) is 16.9 Å². The number of hydrazone groups is 1. The SMILES string of the molecule is CCOC(=O)c1cc(-c2ccc(C)cc2)n(-c2ccc(C3=NNC(=O)CC3)cc2)c1C. The van der Waals surface area contributed by atoms with Gasteiger partial charge in [0.2, 0.25) is 5.91 Å². The van der Waals surface area contributed by atoms with Gasteiger partial charge in [-0.25, -0.2) is 10.2 Å². The van der Waals surface area contributed by atoms with E-state index in [1.54, 1.807) is 6.92 Å². The highest BCUT2D eigenvalue weighted by atomic mass is 16.5. The molecule has 1 aromatic heterocycles. The average Bonchev–Trinajstić information content (AvgIpc) is 3.12. The van der Waals surface area contributed by atoms with Crippen LogP contribution in [0.5, 0.6) is 0 Å². The summed E-state index contributed by atoms with van der Waals surface area (Å²) in [6.07, 6.45) is 1.06. The number of esters is 1. The quantitative estimate of drug-likeness (QED) is 0.621. The van der Waals surface area contributed by atoms with Crippen LogP contribution < -0.4 is 5.43 Å². The van der Waals surface area contributed by atoms with Crippen LogP contribution in [0.3, 0.4) is 0 Å². The second kappa shape index (κ2) is 8.60. The van der Waals surface area contributed by atoms with Crippen LogP contribution in [0.1, 0.15) is 46.9 Å². The van der Waals surface area contributed by atoms with E-state index in [4.69, 9.17) is 4.74 Å². The van der Waals surface area contributed by atoms with Crippen molar-refractivity contribution in [2.75, 3.05) is 6.61 Å². The molecule has 1 amide bonds. The van der Waals surface area contributed by atoms with Crippen molar-refractivity contribution in [2.24, 2.45) is 5.10 Å². The Morgan fingerprint density at radius 2 is 1.71 bits per heavy atom. The number of aryl methyl sites for hydroxylation is 1. The smallest absolute Gasteiger partial charge is 0.339 e. The van der Waals surface area contributed by atoms with Gasteiger partial charge in [0.25, 0.3) is 0 Å². The number of carbonyl (C=O) groups excluding carboxylic acids is 2. The highest BCUT2D eigenvalue weighted by molar-refractivity contribution is 6.04. The summed E-state index contributed by atoms with van der Waals surface area (Å²) < 4.78 is 7.35. The van der Waals surface area contributed by atoms with Gasteiger partial charge in [-0.1, -0.05) is 42.0 Å². The zero-order valence-corrected chi connectivity index (χ0v) is 17.9. The van der Waals surface area contributed by atoms with Crippen LogP contribution in [0.2, 0.25) is 0 Å². The molecule has 3 aromatic rings. The van der Waals surface area contributed by atoms with Gasteiger partial charge in [-0.05, 0) is 50.1 Å². The lowest BCUT2D eigenvalue weighted by Crippen LogP contribution is -2.25. The maximum atomic E-state index is 12.5. The fourth-order valence-corrected chi connectivity index (χ4v) is 3.78. The first-order valence-corrected chi connectivity index (χ1v) is 10.4. The van der Waals surface area contributed by atoms with Crippen LogP contribution >= 0.6 is 0 Å². The number of ether oxygens (including phenoxy) is 1. The molecule has 0 bridgehead atoms. The van der Waals surface area contributed by atoms with E-state index in [0.29, 0.717) is 25.0 Å². The monoisotopic (exact) mass is 415 g/mol. The Bertz CT molecular complexity index is 1160. The van der Waals surface area contributed by atoms with Crippen molar-refractivity contribution in [3.8, 4) is 16.9 Å². The molecular weight excluding hydrogens is 390 g/mol. The van der Waals surface area contributed by atoms with Crippen molar-refractivity contribution in [1.82, 2.24) is 9.99 Å². The molecular formula is C25H25N3O3. The molecule has 0 unspecified atom stereocenters. The van der Waals surface area contributed by atoms with Crippen LogP contribution in [0, 0.1) is 13.8 Å². The van der Waals surface area contributed by atoms with E-state index >= 15 is 0 Å². The second-order valence-electron chi connectivity index (χ2n) is 7.59. The molecule has 2 heterocycles. The normalized spacial score (nSPS) is 13.5. The number of nitrogens with zero attached hydrogens (tertiary/aromatic N) is 2. The number of carbonyl (C=O) groups is 2. The Balaban J connectivity index is 1.78. The zero-order valence-electron chi connectivity index (χ0n) is 17.9. The first-order valence-electron chi connectivity index (χ1n) is 10.4. The molecule has 0 radical (unpaired) electrons. The zero-order chi connectivity index (χ0) is 22.0. The summed E-state index contributed by atoms with van der Waals surface area (Å²) in [6, 6.07) is 18.1. The molecule has 0 spiro atoms. The van der Waals surface area contributed by atoms with E-state index in [2.05, 4.69) is 39.4 Å². The van der Waals surface area contributed by atoms with Crippen molar-refractivity contribution < 1.29 is 14.3 Å². The number of nitrogens with one attached hydrogen (secondary N) is 1. The molecule has 4 rings (SSSR count). The lowest BCUT2D eigenvalue weighted by molar-refractivity contribution is -0.121. The number of rotatable bonds is 5. The molecule has 6 nitrogen and oxygen atoms in total. The highest BCUT2D eigenvalue weighted by Gasteiger charge is 2.21. The summed E-state index contributed by atoms with van der Waals surface area (Å²) in [5.41, 5.74) is 9.81. The summed E-state index contributed by atoms with van der Waals surface area (Å²) >= 11 is 0. The standard InChI is InChI=1S/C25H25N3O3/c1-4-31-25(30)21-15-23(19-7-5-16(2)6-8-19)28(17(21)3)20-11-9-18(10-12-20)22-13-14-24(29)27-26-22/h5-12,15H,4,13-14H2,1-3H3,(H,27,29). The Morgan fingerprint density at radius 3 is 2.32 bits per heavy atom. The first-order chi connectivity index (χ1) is 15.0. The predicted molar refractivity (Wildman–Crippen MR) is 121 cm³/mol. The fourth-order valence-electron chi connectivity index (χ4n) is 3.78. The van der Waals surface area contributed by atoms with Crippen LogP contribution in [0.15, 0.2) is 59.7 Å². The minimum Gasteiger partial charge on any atom is -0.462 e. The Morgan fingerprint density at radius 1 is 1.03 bits per heavy atom. The molecule has 0 atom stereocenters. The lowest BCUT2D eigenvalue weighted by Gasteiger charge is -2.15. The number of hydrogen-bond donors (Lipinski definition) is 1.